The van der Waals surface area contributed by atoms with Gasteiger partial charge >= 0.3 is 6.36 Å². The van der Waals surface area contributed by atoms with Crippen molar-refractivity contribution in [1.82, 2.24) is 9.88 Å². The standard InChI is InChI=1S/C27H24F5N3O6/c1-34-15(13-36)5-8-22(26(34)39)35-12-19(23-20(28)9-17(40-2)10-21(23)29)18(25(35)38)11-33-24(37)14-3-6-16(7-4-14)41-27(30,31)32/h3-10,18-19,36H,11-13H2,1-2H3,(H,33,37)/t18?,19-/m1/s1. The molecule has 0 aliphatic carbocycles. The predicted octanol–water partition coefficient (Wildman–Crippen LogP) is 3.24. The molecule has 41 heavy (non-hydrogen) atoms. The second-order valence-corrected chi connectivity index (χ2v) is 9.18. The molecule has 0 saturated carbocycles. The summed E-state index contributed by atoms with van der Waals surface area (Å²) >= 11 is 0. The van der Waals surface area contributed by atoms with Crippen LogP contribution < -0.4 is 25.2 Å². The number of nitrogens with one attached hydrogen (secondary N) is 1. The Morgan fingerprint density at radius 3 is 2.24 bits per heavy atom. The average Bonchev–Trinajstić information content (AvgIpc) is 3.22. The molecule has 1 unspecified atom stereocenters. The van der Waals surface area contributed by atoms with Crippen LogP contribution in [0.1, 0.15) is 27.5 Å². The fraction of sp³-hybridized carbons (Fsp3) is 0.296. The number of amides is 2. The summed E-state index contributed by atoms with van der Waals surface area (Å²) in [6, 6.07) is 8.65. The van der Waals surface area contributed by atoms with Crippen LogP contribution in [0.2, 0.25) is 0 Å². The minimum absolute atomic E-state index is 0.0614. The maximum absolute atomic E-state index is 15.1. The Hall–Kier alpha value is -4.46. The minimum Gasteiger partial charge on any atom is -0.497 e. The first-order valence-corrected chi connectivity index (χ1v) is 12.1. The van der Waals surface area contributed by atoms with Gasteiger partial charge in [0, 0.05) is 55.0 Å². The van der Waals surface area contributed by atoms with Crippen LogP contribution in [-0.4, -0.2) is 48.0 Å². The van der Waals surface area contributed by atoms with Gasteiger partial charge in [0.1, 0.15) is 28.8 Å². The normalized spacial score (nSPS) is 17.1. The van der Waals surface area contributed by atoms with Crippen molar-refractivity contribution in [2.24, 2.45) is 13.0 Å². The number of alkyl halides is 3. The van der Waals surface area contributed by atoms with Crippen molar-refractivity contribution in [2.45, 2.75) is 18.9 Å². The van der Waals surface area contributed by atoms with Crippen LogP contribution in [0.4, 0.5) is 27.6 Å². The van der Waals surface area contributed by atoms with Crippen LogP contribution in [0.5, 0.6) is 11.5 Å². The van der Waals surface area contributed by atoms with E-state index in [0.29, 0.717) is 0 Å². The van der Waals surface area contributed by atoms with E-state index >= 15 is 8.78 Å². The summed E-state index contributed by atoms with van der Waals surface area (Å²) in [6.07, 6.45) is -4.92. The summed E-state index contributed by atoms with van der Waals surface area (Å²) in [5.41, 5.74) is -0.968. The van der Waals surface area contributed by atoms with Crippen molar-refractivity contribution >= 4 is 17.5 Å². The Kier molecular flexibility index (Phi) is 8.33. The molecule has 1 fully saturated rings. The van der Waals surface area contributed by atoms with E-state index in [9.17, 15) is 32.7 Å². The number of carbonyl (C=O) groups excluding carboxylic acids is 2. The summed E-state index contributed by atoms with van der Waals surface area (Å²) in [6.45, 7) is -1.17. The van der Waals surface area contributed by atoms with Gasteiger partial charge in [0.2, 0.25) is 5.91 Å². The number of anilines is 1. The fourth-order valence-electron chi connectivity index (χ4n) is 4.70. The number of halogens is 5. The van der Waals surface area contributed by atoms with Crippen LogP contribution in [0.25, 0.3) is 0 Å². The predicted molar refractivity (Wildman–Crippen MR) is 135 cm³/mol. The van der Waals surface area contributed by atoms with Gasteiger partial charge < -0.3 is 29.4 Å². The Bertz CT molecular complexity index is 1500. The van der Waals surface area contributed by atoms with Crippen molar-refractivity contribution < 1.29 is 46.1 Å². The number of methoxy groups -OCH3 is 1. The molecule has 14 heteroatoms. The molecule has 2 aromatic carbocycles. The average molecular weight is 581 g/mol. The van der Waals surface area contributed by atoms with Gasteiger partial charge in [-0.05, 0) is 36.4 Å². The summed E-state index contributed by atoms with van der Waals surface area (Å²) in [5.74, 6) is -6.50. The number of carbonyl (C=O) groups is 2. The number of nitrogens with zero attached hydrogens (tertiary/aromatic N) is 2. The molecule has 0 bridgehead atoms. The number of hydrogen-bond donors (Lipinski definition) is 2. The lowest BCUT2D eigenvalue weighted by Crippen LogP contribution is -2.38. The topological polar surface area (TPSA) is 110 Å². The number of aliphatic hydroxyl groups is 1. The molecule has 3 aromatic rings. The quantitative estimate of drug-likeness (QED) is 0.396. The molecule has 0 radical (unpaired) electrons. The second-order valence-electron chi connectivity index (χ2n) is 9.18. The first kappa shape index (κ1) is 29.5. The highest BCUT2D eigenvalue weighted by Crippen LogP contribution is 2.39. The highest BCUT2D eigenvalue weighted by molar-refractivity contribution is 5.99. The molecule has 1 aromatic heterocycles. The van der Waals surface area contributed by atoms with Crippen LogP contribution in [-0.2, 0) is 18.4 Å². The number of benzene rings is 2. The maximum Gasteiger partial charge on any atom is 0.573 e. The van der Waals surface area contributed by atoms with Crippen molar-refractivity contribution in [3.05, 3.63) is 87.3 Å². The van der Waals surface area contributed by atoms with Crippen LogP contribution in [0, 0.1) is 17.6 Å². The molecule has 2 amide bonds. The van der Waals surface area contributed by atoms with E-state index in [1.807, 2.05) is 0 Å². The first-order chi connectivity index (χ1) is 19.3. The van der Waals surface area contributed by atoms with Gasteiger partial charge in [0.15, 0.2) is 0 Å². The van der Waals surface area contributed by atoms with Gasteiger partial charge in [0.25, 0.3) is 11.5 Å². The zero-order valence-corrected chi connectivity index (χ0v) is 21.7. The van der Waals surface area contributed by atoms with Gasteiger partial charge in [-0.3, -0.25) is 14.4 Å². The van der Waals surface area contributed by atoms with Gasteiger partial charge in [-0.15, -0.1) is 13.2 Å². The smallest absolute Gasteiger partial charge is 0.497 e. The fourth-order valence-corrected chi connectivity index (χ4v) is 4.70. The van der Waals surface area contributed by atoms with E-state index in [4.69, 9.17) is 4.74 Å². The zero-order chi connectivity index (χ0) is 30.1. The number of ether oxygens (including phenoxy) is 2. The zero-order valence-electron chi connectivity index (χ0n) is 21.7. The van der Waals surface area contributed by atoms with E-state index in [0.717, 1.165) is 45.9 Å². The van der Waals surface area contributed by atoms with E-state index in [2.05, 4.69) is 10.1 Å². The molecule has 2 N–H and O–H groups in total. The lowest BCUT2D eigenvalue weighted by atomic mass is 9.87. The molecular formula is C27H24F5N3O6. The molecule has 9 nitrogen and oxygen atoms in total. The molecular weight excluding hydrogens is 557 g/mol. The Labute approximate surface area is 229 Å². The molecule has 4 rings (SSSR count). The largest absolute Gasteiger partial charge is 0.573 e. The van der Waals surface area contributed by atoms with E-state index in [1.165, 1.54) is 26.3 Å². The first-order valence-electron chi connectivity index (χ1n) is 12.1. The highest BCUT2D eigenvalue weighted by Gasteiger charge is 2.45. The summed E-state index contributed by atoms with van der Waals surface area (Å²) in [4.78, 5) is 40.3. The van der Waals surface area contributed by atoms with Crippen molar-refractivity contribution in [3.63, 3.8) is 0 Å². The third-order valence-electron chi connectivity index (χ3n) is 6.78. The summed E-state index contributed by atoms with van der Waals surface area (Å²) < 4.78 is 77.3. The Morgan fingerprint density at radius 2 is 1.68 bits per heavy atom. The van der Waals surface area contributed by atoms with Crippen LogP contribution in [0.15, 0.2) is 53.3 Å². The molecule has 1 saturated heterocycles. The lowest BCUT2D eigenvalue weighted by molar-refractivity contribution is -0.274. The van der Waals surface area contributed by atoms with Crippen molar-refractivity contribution in [1.29, 1.82) is 0 Å². The Balaban J connectivity index is 1.64. The van der Waals surface area contributed by atoms with E-state index < -0.39 is 71.7 Å². The van der Waals surface area contributed by atoms with E-state index in [1.54, 1.807) is 0 Å². The van der Waals surface area contributed by atoms with Crippen molar-refractivity contribution in [2.75, 3.05) is 25.1 Å². The van der Waals surface area contributed by atoms with Gasteiger partial charge in [-0.1, -0.05) is 0 Å². The van der Waals surface area contributed by atoms with Crippen molar-refractivity contribution in [3.8, 4) is 11.5 Å². The molecule has 2 atom stereocenters. The molecule has 2 heterocycles. The second kappa shape index (κ2) is 11.6. The molecule has 218 valence electrons. The molecule has 0 spiro atoms. The monoisotopic (exact) mass is 581 g/mol. The van der Waals surface area contributed by atoms with E-state index in [-0.39, 0.29) is 29.2 Å². The lowest BCUT2D eigenvalue weighted by Gasteiger charge is -2.19. The number of rotatable bonds is 8. The van der Waals surface area contributed by atoms with Gasteiger partial charge in [0.05, 0.1) is 19.6 Å². The number of pyridine rings is 1. The number of hydrogen-bond acceptors (Lipinski definition) is 6. The summed E-state index contributed by atoms with van der Waals surface area (Å²) in [5, 5.41) is 11.9. The van der Waals surface area contributed by atoms with Crippen LogP contribution >= 0.6 is 0 Å². The molecule has 1 aliphatic heterocycles. The third kappa shape index (κ3) is 6.16. The highest BCUT2D eigenvalue weighted by atomic mass is 19.4. The molecule has 1 aliphatic rings. The number of aromatic nitrogens is 1. The summed E-state index contributed by atoms with van der Waals surface area (Å²) in [7, 11) is 2.61. The maximum atomic E-state index is 15.1. The minimum atomic E-state index is -4.92. The third-order valence-corrected chi connectivity index (χ3v) is 6.78. The van der Waals surface area contributed by atoms with Gasteiger partial charge in [-0.25, -0.2) is 8.78 Å². The SMILES string of the molecule is COc1cc(F)c([C@@H]2CN(c3ccc(CO)n(C)c3=O)C(=O)C2CNC(=O)c2ccc(OC(F)(F)F)cc2)c(F)c1. The Morgan fingerprint density at radius 1 is 1.05 bits per heavy atom. The van der Waals surface area contributed by atoms with Gasteiger partial charge in [-0.2, -0.15) is 0 Å². The van der Waals surface area contributed by atoms with Crippen LogP contribution in [0.3, 0.4) is 0 Å². The number of aliphatic hydroxyl groups excluding tert-OH is 1.